The molecule has 2 aromatic rings. The lowest BCUT2D eigenvalue weighted by atomic mass is 10.1. The van der Waals surface area contributed by atoms with Crippen LogP contribution in [0.3, 0.4) is 0 Å². The predicted molar refractivity (Wildman–Crippen MR) is 74.2 cm³/mol. The highest BCUT2D eigenvalue weighted by atomic mass is 35.5. The van der Waals surface area contributed by atoms with Crippen molar-refractivity contribution in [3.8, 4) is 5.82 Å². The second-order valence-corrected chi connectivity index (χ2v) is 4.81. The highest BCUT2D eigenvalue weighted by Gasteiger charge is 2.17. The molecular weight excluding hydrogens is 280 g/mol. The molecule has 6 nitrogen and oxygen atoms in total. The van der Waals surface area contributed by atoms with Crippen molar-refractivity contribution in [2.24, 2.45) is 0 Å². The van der Waals surface area contributed by atoms with E-state index in [9.17, 15) is 4.79 Å². The molecule has 0 saturated heterocycles. The number of ether oxygens (including phenoxy) is 1. The molecule has 7 heteroatoms. The normalized spacial score (nSPS) is 10.8. The second kappa shape index (κ2) is 6.00. The predicted octanol–water partition coefficient (Wildman–Crippen LogP) is 2.62. The fourth-order valence-electron chi connectivity index (χ4n) is 1.80. The molecule has 0 radical (unpaired) electrons. The van der Waals surface area contributed by atoms with Crippen molar-refractivity contribution < 1.29 is 9.53 Å². The van der Waals surface area contributed by atoms with E-state index in [0.717, 1.165) is 5.56 Å². The second-order valence-electron chi connectivity index (χ2n) is 4.45. The first-order valence-corrected chi connectivity index (χ1v) is 6.65. The van der Waals surface area contributed by atoms with Gasteiger partial charge in [-0.15, -0.1) is 0 Å². The van der Waals surface area contributed by atoms with Crippen LogP contribution in [-0.4, -0.2) is 32.3 Å². The lowest BCUT2D eigenvalue weighted by Gasteiger charge is -2.12. The zero-order valence-electron chi connectivity index (χ0n) is 11.5. The van der Waals surface area contributed by atoms with Crippen LogP contribution in [0, 0.1) is 0 Å². The van der Waals surface area contributed by atoms with Crippen molar-refractivity contribution in [1.82, 2.24) is 19.7 Å². The SMILES string of the molecule is CCOC(=O)c1cnn(-c2ncnc(Cl)c2C(C)C)c1. The monoisotopic (exact) mass is 294 g/mol. The van der Waals surface area contributed by atoms with Crippen LogP contribution in [0.15, 0.2) is 18.7 Å². The van der Waals surface area contributed by atoms with Gasteiger partial charge >= 0.3 is 5.97 Å². The van der Waals surface area contributed by atoms with Crippen molar-refractivity contribution >= 4 is 17.6 Å². The lowest BCUT2D eigenvalue weighted by Crippen LogP contribution is -2.07. The summed E-state index contributed by atoms with van der Waals surface area (Å²) in [5.41, 5.74) is 1.16. The maximum absolute atomic E-state index is 11.6. The summed E-state index contributed by atoms with van der Waals surface area (Å²) in [5, 5.41) is 4.53. The number of hydrogen-bond acceptors (Lipinski definition) is 5. The van der Waals surface area contributed by atoms with Gasteiger partial charge in [0.1, 0.15) is 11.5 Å². The zero-order chi connectivity index (χ0) is 14.7. The highest BCUT2D eigenvalue weighted by molar-refractivity contribution is 6.30. The van der Waals surface area contributed by atoms with E-state index >= 15 is 0 Å². The van der Waals surface area contributed by atoms with Gasteiger partial charge in [-0.25, -0.2) is 19.4 Å². The number of aromatic nitrogens is 4. The Bertz CT molecular complexity index is 625. The number of carbonyl (C=O) groups excluding carboxylic acids is 1. The first-order chi connectivity index (χ1) is 9.54. The van der Waals surface area contributed by atoms with Gasteiger partial charge in [-0.3, -0.25) is 0 Å². The van der Waals surface area contributed by atoms with Gasteiger partial charge in [0.25, 0.3) is 0 Å². The highest BCUT2D eigenvalue weighted by Crippen LogP contribution is 2.26. The number of carbonyl (C=O) groups is 1. The summed E-state index contributed by atoms with van der Waals surface area (Å²) in [7, 11) is 0. The van der Waals surface area contributed by atoms with E-state index in [4.69, 9.17) is 16.3 Å². The van der Waals surface area contributed by atoms with Crippen LogP contribution in [0.5, 0.6) is 0 Å². The first-order valence-electron chi connectivity index (χ1n) is 6.27. The maximum atomic E-state index is 11.6. The number of hydrogen-bond donors (Lipinski definition) is 0. The molecule has 0 N–H and O–H groups in total. The topological polar surface area (TPSA) is 69.9 Å². The van der Waals surface area contributed by atoms with Crippen molar-refractivity contribution in [3.63, 3.8) is 0 Å². The third-order valence-electron chi connectivity index (χ3n) is 2.70. The molecule has 2 rings (SSSR count). The number of halogens is 1. The average Bonchev–Trinajstić information content (AvgIpc) is 2.87. The van der Waals surface area contributed by atoms with E-state index < -0.39 is 5.97 Å². The van der Waals surface area contributed by atoms with E-state index in [1.54, 1.807) is 13.1 Å². The third-order valence-corrected chi connectivity index (χ3v) is 3.00. The van der Waals surface area contributed by atoms with Crippen molar-refractivity contribution in [2.45, 2.75) is 26.7 Å². The number of esters is 1. The van der Waals surface area contributed by atoms with Crippen LogP contribution in [0.25, 0.3) is 5.82 Å². The molecule has 0 spiro atoms. The molecule has 0 amide bonds. The molecule has 106 valence electrons. The molecule has 0 aliphatic heterocycles. The molecule has 0 fully saturated rings. The van der Waals surface area contributed by atoms with Gasteiger partial charge in [0, 0.05) is 11.8 Å². The van der Waals surface area contributed by atoms with Gasteiger partial charge in [-0.1, -0.05) is 25.4 Å². The van der Waals surface area contributed by atoms with Crippen LogP contribution in [0.1, 0.15) is 42.6 Å². The molecule has 0 aromatic carbocycles. The Morgan fingerprint density at radius 2 is 2.20 bits per heavy atom. The van der Waals surface area contributed by atoms with E-state index in [1.807, 2.05) is 13.8 Å². The van der Waals surface area contributed by atoms with E-state index in [2.05, 4.69) is 15.1 Å². The third kappa shape index (κ3) is 2.80. The smallest absolute Gasteiger partial charge is 0.341 e. The van der Waals surface area contributed by atoms with Gasteiger partial charge < -0.3 is 4.74 Å². The summed E-state index contributed by atoms with van der Waals surface area (Å²) >= 11 is 6.11. The molecule has 0 saturated carbocycles. The van der Waals surface area contributed by atoms with Gasteiger partial charge in [-0.2, -0.15) is 5.10 Å². The van der Waals surface area contributed by atoms with Gasteiger partial charge in [-0.05, 0) is 12.8 Å². The fraction of sp³-hybridized carbons (Fsp3) is 0.385. The summed E-state index contributed by atoms with van der Waals surface area (Å²) < 4.78 is 6.44. The molecular formula is C13H15ClN4O2. The summed E-state index contributed by atoms with van der Waals surface area (Å²) in [6.45, 7) is 6.05. The summed E-state index contributed by atoms with van der Waals surface area (Å²) in [6, 6.07) is 0. The zero-order valence-corrected chi connectivity index (χ0v) is 12.3. The molecule has 2 heterocycles. The van der Waals surface area contributed by atoms with Crippen molar-refractivity contribution in [1.29, 1.82) is 0 Å². The lowest BCUT2D eigenvalue weighted by molar-refractivity contribution is 0.0526. The Morgan fingerprint density at radius 1 is 1.45 bits per heavy atom. The van der Waals surface area contributed by atoms with Crippen LogP contribution in [-0.2, 0) is 4.74 Å². The first kappa shape index (κ1) is 14.5. The summed E-state index contributed by atoms with van der Waals surface area (Å²) in [5.74, 6) is 0.287. The molecule has 20 heavy (non-hydrogen) atoms. The van der Waals surface area contributed by atoms with E-state index in [-0.39, 0.29) is 5.92 Å². The minimum Gasteiger partial charge on any atom is -0.462 e. The van der Waals surface area contributed by atoms with Crippen molar-refractivity contribution in [3.05, 3.63) is 35.0 Å². The Labute approximate surface area is 121 Å². The number of nitrogens with zero attached hydrogens (tertiary/aromatic N) is 4. The molecule has 2 aromatic heterocycles. The quantitative estimate of drug-likeness (QED) is 0.640. The maximum Gasteiger partial charge on any atom is 0.341 e. The Morgan fingerprint density at radius 3 is 2.85 bits per heavy atom. The minimum atomic E-state index is -0.412. The van der Waals surface area contributed by atoms with Crippen LogP contribution in [0.4, 0.5) is 0 Å². The summed E-state index contributed by atoms with van der Waals surface area (Å²) in [6.07, 6.45) is 4.38. The van der Waals surface area contributed by atoms with Gasteiger partial charge in [0.15, 0.2) is 5.82 Å². The van der Waals surface area contributed by atoms with Crippen molar-refractivity contribution in [2.75, 3.05) is 6.61 Å². The van der Waals surface area contributed by atoms with E-state index in [0.29, 0.717) is 23.1 Å². The van der Waals surface area contributed by atoms with Gasteiger partial charge in [0.2, 0.25) is 0 Å². The Balaban J connectivity index is 2.43. The molecule has 0 unspecified atom stereocenters. The largest absolute Gasteiger partial charge is 0.462 e. The minimum absolute atomic E-state index is 0.133. The van der Waals surface area contributed by atoms with Crippen LogP contribution < -0.4 is 0 Å². The molecule has 0 aliphatic rings. The molecule has 0 aliphatic carbocycles. The average molecular weight is 295 g/mol. The van der Waals surface area contributed by atoms with E-state index in [1.165, 1.54) is 17.2 Å². The Kier molecular flexibility index (Phi) is 4.34. The molecule has 0 atom stereocenters. The standard InChI is InChI=1S/C13H15ClN4O2/c1-4-20-13(19)9-5-17-18(6-9)12-10(8(2)3)11(14)15-7-16-12/h5-8H,4H2,1-3H3. The van der Waals surface area contributed by atoms with Crippen LogP contribution in [0.2, 0.25) is 5.15 Å². The van der Waals surface area contributed by atoms with Gasteiger partial charge in [0.05, 0.1) is 18.4 Å². The fourth-order valence-corrected chi connectivity index (χ4v) is 2.15. The number of rotatable bonds is 4. The summed E-state index contributed by atoms with van der Waals surface area (Å²) in [4.78, 5) is 19.8. The van der Waals surface area contributed by atoms with Crippen LogP contribution >= 0.6 is 11.6 Å². The Hall–Kier alpha value is -1.95. The molecule has 0 bridgehead atoms.